The Hall–Kier alpha value is -1.78. The minimum Gasteiger partial charge on any atom is -0.481 e. The first-order valence-corrected chi connectivity index (χ1v) is 3.37. The van der Waals surface area contributed by atoms with Gasteiger partial charge in [-0.2, -0.15) is 5.10 Å². The summed E-state index contributed by atoms with van der Waals surface area (Å²) >= 11 is 0. The first kappa shape index (κ1) is 6.90. The van der Waals surface area contributed by atoms with Crippen molar-refractivity contribution in [1.82, 2.24) is 0 Å². The molecule has 0 aromatic heterocycles. The molecular weight excluding hydrogens is 158 g/mol. The van der Waals surface area contributed by atoms with E-state index in [1.54, 1.807) is 6.08 Å². The van der Waals surface area contributed by atoms with Crippen molar-refractivity contribution in [3.63, 3.8) is 0 Å². The predicted molar refractivity (Wildman–Crippen MR) is 43.6 cm³/mol. The van der Waals surface area contributed by atoms with Gasteiger partial charge in [-0.25, -0.2) is 4.99 Å². The second kappa shape index (κ2) is 2.37. The number of aliphatic imine (C=N–C) groups is 1. The highest BCUT2D eigenvalue weighted by molar-refractivity contribution is 6.22. The molecule has 0 aliphatic carbocycles. The van der Waals surface area contributed by atoms with Crippen LogP contribution in [0.4, 0.5) is 0 Å². The van der Waals surface area contributed by atoms with Crippen molar-refractivity contribution in [3.8, 4) is 0 Å². The maximum atomic E-state index is 10.5. The fourth-order valence-electron chi connectivity index (χ4n) is 1.00. The van der Waals surface area contributed by atoms with Crippen LogP contribution in [0.1, 0.15) is 0 Å². The molecule has 2 rings (SSSR count). The zero-order valence-corrected chi connectivity index (χ0v) is 6.01. The summed E-state index contributed by atoms with van der Waals surface area (Å²) in [6.07, 6.45) is 4.42. The highest BCUT2D eigenvalue weighted by Gasteiger charge is 2.21. The molecular formula is C7H5N3O2. The van der Waals surface area contributed by atoms with Gasteiger partial charge in [-0.05, 0) is 0 Å². The summed E-state index contributed by atoms with van der Waals surface area (Å²) < 4.78 is 0. The number of dihydropyridines is 1. The van der Waals surface area contributed by atoms with Crippen LogP contribution in [0, 0.1) is 5.92 Å². The monoisotopic (exact) mass is 163 g/mol. The zero-order valence-electron chi connectivity index (χ0n) is 6.01. The van der Waals surface area contributed by atoms with Crippen LogP contribution >= 0.6 is 0 Å². The number of carboxylic acids is 1. The minimum absolute atomic E-state index is 0.493. The van der Waals surface area contributed by atoms with Crippen LogP contribution in [0.2, 0.25) is 0 Å². The van der Waals surface area contributed by atoms with Gasteiger partial charge in [0.1, 0.15) is 5.92 Å². The van der Waals surface area contributed by atoms with Gasteiger partial charge in [0.25, 0.3) is 0 Å². The molecule has 0 amide bonds. The molecule has 12 heavy (non-hydrogen) atoms. The molecule has 0 bridgehead atoms. The number of amidine groups is 1. The molecule has 0 aromatic rings. The standard InChI is InChI=1S/C7H5N3O2/c11-7(12)5-1-4-3-9-10-6(4)8-2-5/h1-3,5H,(H,11,12)/t5-/m0/s1. The molecule has 0 fully saturated rings. The maximum Gasteiger partial charge on any atom is 0.315 e. The molecule has 0 spiro atoms. The number of fused-ring (bicyclic) bond motifs is 1. The fraction of sp³-hybridized carbons (Fsp3) is 0.143. The lowest BCUT2D eigenvalue weighted by Crippen LogP contribution is -2.18. The van der Waals surface area contributed by atoms with E-state index >= 15 is 0 Å². The van der Waals surface area contributed by atoms with Gasteiger partial charge >= 0.3 is 5.97 Å². The van der Waals surface area contributed by atoms with Crippen LogP contribution in [-0.4, -0.2) is 29.3 Å². The van der Waals surface area contributed by atoms with Crippen LogP contribution in [0.5, 0.6) is 0 Å². The summed E-state index contributed by atoms with van der Waals surface area (Å²) in [5.41, 5.74) is 0.685. The minimum atomic E-state index is -0.911. The Labute approximate surface area is 67.8 Å². The Morgan fingerprint density at radius 1 is 1.58 bits per heavy atom. The van der Waals surface area contributed by atoms with Crippen LogP contribution in [0.25, 0.3) is 0 Å². The SMILES string of the molecule is O=C(O)[C@@H]1C=NC2=NN=CC2=C1. The first-order valence-electron chi connectivity index (χ1n) is 3.37. The summed E-state index contributed by atoms with van der Waals surface area (Å²) in [6, 6.07) is 0. The third-order valence-corrected chi connectivity index (χ3v) is 1.61. The molecule has 1 N–H and O–H groups in total. The average Bonchev–Trinajstić information content (AvgIpc) is 2.49. The normalized spacial score (nSPS) is 24.8. The van der Waals surface area contributed by atoms with E-state index in [0.29, 0.717) is 11.4 Å². The van der Waals surface area contributed by atoms with Crippen LogP contribution in [-0.2, 0) is 4.79 Å². The van der Waals surface area contributed by atoms with Gasteiger partial charge in [0.2, 0.25) is 0 Å². The largest absolute Gasteiger partial charge is 0.481 e. The van der Waals surface area contributed by atoms with Crippen LogP contribution in [0.15, 0.2) is 26.8 Å². The highest BCUT2D eigenvalue weighted by Crippen LogP contribution is 2.13. The Morgan fingerprint density at radius 3 is 3.17 bits per heavy atom. The van der Waals surface area contributed by atoms with Crippen molar-refractivity contribution in [3.05, 3.63) is 11.6 Å². The molecule has 2 aliphatic heterocycles. The number of hydrogen-bond acceptors (Lipinski definition) is 4. The second-order valence-electron chi connectivity index (χ2n) is 2.43. The molecule has 5 heteroatoms. The molecule has 0 saturated heterocycles. The number of rotatable bonds is 1. The Balaban J connectivity index is 2.33. The molecule has 0 aromatic carbocycles. The van der Waals surface area contributed by atoms with E-state index in [1.165, 1.54) is 12.4 Å². The van der Waals surface area contributed by atoms with Crippen molar-refractivity contribution in [2.24, 2.45) is 21.1 Å². The topological polar surface area (TPSA) is 74.4 Å². The number of carboxylic acid groups (broad SMARTS) is 1. The quantitative estimate of drug-likeness (QED) is 0.595. The summed E-state index contributed by atoms with van der Waals surface area (Å²) in [5, 5.41) is 15.9. The summed E-state index contributed by atoms with van der Waals surface area (Å²) in [7, 11) is 0. The Kier molecular flexibility index (Phi) is 1.36. The van der Waals surface area contributed by atoms with Crippen LogP contribution < -0.4 is 0 Å². The molecule has 60 valence electrons. The van der Waals surface area contributed by atoms with Gasteiger partial charge in [0, 0.05) is 11.8 Å². The van der Waals surface area contributed by atoms with Gasteiger partial charge in [-0.3, -0.25) is 4.79 Å². The lowest BCUT2D eigenvalue weighted by atomic mass is 10.0. The third-order valence-electron chi connectivity index (χ3n) is 1.61. The smallest absolute Gasteiger partial charge is 0.315 e. The van der Waals surface area contributed by atoms with E-state index in [-0.39, 0.29) is 0 Å². The lowest BCUT2D eigenvalue weighted by Gasteiger charge is -2.06. The number of aliphatic carboxylic acids is 1. The van der Waals surface area contributed by atoms with Gasteiger partial charge in [-0.15, -0.1) is 5.10 Å². The van der Waals surface area contributed by atoms with Gasteiger partial charge in [0.15, 0.2) is 5.84 Å². The average molecular weight is 163 g/mol. The Morgan fingerprint density at radius 2 is 2.42 bits per heavy atom. The van der Waals surface area contributed by atoms with E-state index in [9.17, 15) is 4.79 Å². The fourth-order valence-corrected chi connectivity index (χ4v) is 1.00. The molecule has 0 radical (unpaired) electrons. The Bertz CT molecular complexity index is 352. The van der Waals surface area contributed by atoms with E-state index in [4.69, 9.17) is 5.11 Å². The molecule has 0 saturated carbocycles. The summed E-state index contributed by atoms with van der Waals surface area (Å²) in [4.78, 5) is 14.4. The highest BCUT2D eigenvalue weighted by atomic mass is 16.4. The van der Waals surface area contributed by atoms with E-state index in [1.807, 2.05) is 0 Å². The first-order chi connectivity index (χ1) is 5.77. The van der Waals surface area contributed by atoms with Crippen molar-refractivity contribution in [2.45, 2.75) is 0 Å². The van der Waals surface area contributed by atoms with Gasteiger partial charge < -0.3 is 5.11 Å². The van der Waals surface area contributed by atoms with E-state index < -0.39 is 11.9 Å². The molecule has 0 unspecified atom stereocenters. The number of nitrogens with zero attached hydrogens (tertiary/aromatic N) is 3. The maximum absolute atomic E-state index is 10.5. The lowest BCUT2D eigenvalue weighted by molar-refractivity contribution is -0.137. The zero-order chi connectivity index (χ0) is 8.55. The van der Waals surface area contributed by atoms with Crippen molar-refractivity contribution >= 4 is 24.2 Å². The van der Waals surface area contributed by atoms with Crippen LogP contribution in [0.3, 0.4) is 0 Å². The predicted octanol–water partition coefficient (Wildman–Crippen LogP) is 0.0959. The second-order valence-corrected chi connectivity index (χ2v) is 2.43. The van der Waals surface area contributed by atoms with Crippen molar-refractivity contribution in [1.29, 1.82) is 0 Å². The van der Waals surface area contributed by atoms with E-state index in [0.717, 1.165) is 0 Å². The van der Waals surface area contributed by atoms with Gasteiger partial charge in [-0.1, -0.05) is 6.08 Å². The molecule has 2 aliphatic rings. The summed E-state index contributed by atoms with van der Waals surface area (Å²) in [6.45, 7) is 0. The molecule has 5 nitrogen and oxygen atoms in total. The number of carbonyl (C=O) groups is 1. The van der Waals surface area contributed by atoms with Crippen molar-refractivity contribution < 1.29 is 9.90 Å². The molecule has 1 atom stereocenters. The number of hydrogen-bond donors (Lipinski definition) is 1. The van der Waals surface area contributed by atoms with E-state index in [2.05, 4.69) is 15.2 Å². The molecule has 2 heterocycles. The van der Waals surface area contributed by atoms with Crippen molar-refractivity contribution in [2.75, 3.05) is 0 Å². The third kappa shape index (κ3) is 0.952. The summed E-state index contributed by atoms with van der Waals surface area (Å²) in [5.74, 6) is -1.07. The van der Waals surface area contributed by atoms with Gasteiger partial charge in [0.05, 0.1) is 6.21 Å².